The van der Waals surface area contributed by atoms with E-state index in [-0.39, 0.29) is 22.0 Å². The van der Waals surface area contributed by atoms with Crippen molar-refractivity contribution in [2.45, 2.75) is 19.6 Å². The van der Waals surface area contributed by atoms with Crippen molar-refractivity contribution in [3.05, 3.63) is 64.9 Å². The number of amides is 1. The van der Waals surface area contributed by atoms with E-state index in [2.05, 4.69) is 10.1 Å². The fourth-order valence-corrected chi connectivity index (χ4v) is 2.27. The number of hydrogen-bond donors (Lipinski definition) is 1. The number of rotatable bonds is 7. The molecule has 1 N–H and O–H groups in total. The van der Waals surface area contributed by atoms with Crippen molar-refractivity contribution in [1.29, 1.82) is 0 Å². The molecule has 1 atom stereocenters. The van der Waals surface area contributed by atoms with Crippen molar-refractivity contribution in [2.75, 3.05) is 5.32 Å². The Labute approximate surface area is 163 Å². The topological polar surface area (TPSA) is 64.6 Å². The molecule has 2 rings (SSSR count). The Morgan fingerprint density at radius 2 is 1.89 bits per heavy atom. The lowest BCUT2D eigenvalue weighted by atomic mass is 10.2. The number of alkyl halides is 2. The van der Waals surface area contributed by atoms with Crippen molar-refractivity contribution >= 4 is 35.2 Å². The lowest BCUT2D eigenvalue weighted by Crippen LogP contribution is -2.29. The first-order chi connectivity index (χ1) is 13.3. The molecular formula is C19H15ClF3NO4. The van der Waals surface area contributed by atoms with Gasteiger partial charge in [-0.1, -0.05) is 29.8 Å². The summed E-state index contributed by atoms with van der Waals surface area (Å²) in [6, 6.07) is 9.50. The van der Waals surface area contributed by atoms with Gasteiger partial charge in [-0.2, -0.15) is 8.78 Å². The molecule has 0 aliphatic rings. The maximum atomic E-state index is 13.5. The van der Waals surface area contributed by atoms with Crippen LogP contribution in [0.2, 0.25) is 5.02 Å². The first kappa shape index (κ1) is 21.3. The zero-order valence-corrected chi connectivity index (χ0v) is 15.3. The third-order valence-corrected chi connectivity index (χ3v) is 3.68. The maximum absolute atomic E-state index is 13.5. The van der Waals surface area contributed by atoms with Crippen LogP contribution in [0.25, 0.3) is 6.08 Å². The average molecular weight is 414 g/mol. The molecular weight excluding hydrogens is 399 g/mol. The number of nitrogens with one attached hydrogen (secondary N) is 1. The quantitative estimate of drug-likeness (QED) is 0.529. The maximum Gasteiger partial charge on any atom is 0.387 e. The van der Waals surface area contributed by atoms with E-state index in [1.807, 2.05) is 0 Å². The Balaban J connectivity index is 1.92. The second-order valence-corrected chi connectivity index (χ2v) is 5.85. The largest absolute Gasteiger partial charge is 0.449 e. The van der Waals surface area contributed by atoms with E-state index in [4.69, 9.17) is 16.3 Å². The molecule has 0 radical (unpaired) electrons. The number of carbonyl (C=O) groups excluding carboxylic acids is 2. The molecule has 1 unspecified atom stereocenters. The number of carbonyl (C=O) groups is 2. The minimum atomic E-state index is -3.03. The third kappa shape index (κ3) is 6.31. The van der Waals surface area contributed by atoms with Gasteiger partial charge in [0.25, 0.3) is 5.91 Å². The van der Waals surface area contributed by atoms with E-state index in [0.29, 0.717) is 0 Å². The van der Waals surface area contributed by atoms with Gasteiger partial charge in [0.15, 0.2) is 6.10 Å². The van der Waals surface area contributed by atoms with Gasteiger partial charge in [-0.05, 0) is 37.3 Å². The van der Waals surface area contributed by atoms with Gasteiger partial charge in [-0.25, -0.2) is 9.18 Å². The Morgan fingerprint density at radius 3 is 2.54 bits per heavy atom. The standard InChI is InChI=1S/C19H15ClF3NO4/c1-11(27-17(25)9-6-12-4-2-3-5-15(12)21)18(26)24-13-7-8-16(14(20)10-13)28-19(22)23/h2-11,19H,1H3,(H,24,26)/b9-6+. The fourth-order valence-electron chi connectivity index (χ4n) is 2.05. The summed E-state index contributed by atoms with van der Waals surface area (Å²) >= 11 is 5.80. The molecule has 0 fully saturated rings. The predicted octanol–water partition coefficient (Wildman–Crippen LogP) is 4.66. The second kappa shape index (κ2) is 9.80. The molecule has 0 saturated heterocycles. The molecule has 0 aliphatic heterocycles. The molecule has 5 nitrogen and oxygen atoms in total. The summed E-state index contributed by atoms with van der Waals surface area (Å²) in [7, 11) is 0. The van der Waals surface area contributed by atoms with Gasteiger partial charge in [-0.15, -0.1) is 0 Å². The van der Waals surface area contributed by atoms with Crippen LogP contribution in [0.1, 0.15) is 12.5 Å². The van der Waals surface area contributed by atoms with Crippen LogP contribution in [0.3, 0.4) is 0 Å². The first-order valence-electron chi connectivity index (χ1n) is 7.94. The smallest absolute Gasteiger partial charge is 0.387 e. The molecule has 0 aliphatic carbocycles. The summed E-state index contributed by atoms with van der Waals surface area (Å²) in [5.41, 5.74) is 0.388. The molecule has 148 valence electrons. The number of halogens is 4. The summed E-state index contributed by atoms with van der Waals surface area (Å²) in [6.07, 6.45) is 1.05. The van der Waals surface area contributed by atoms with Gasteiger partial charge < -0.3 is 14.8 Å². The highest BCUT2D eigenvalue weighted by Crippen LogP contribution is 2.29. The summed E-state index contributed by atoms with van der Waals surface area (Å²) in [5.74, 6) is -2.27. The molecule has 2 aromatic carbocycles. The Bertz CT molecular complexity index is 889. The zero-order chi connectivity index (χ0) is 20.7. The highest BCUT2D eigenvalue weighted by atomic mass is 35.5. The van der Waals surface area contributed by atoms with Crippen LogP contribution in [-0.4, -0.2) is 24.6 Å². The van der Waals surface area contributed by atoms with Crippen molar-refractivity contribution in [2.24, 2.45) is 0 Å². The van der Waals surface area contributed by atoms with Crippen LogP contribution in [0.4, 0.5) is 18.9 Å². The first-order valence-corrected chi connectivity index (χ1v) is 8.32. The van der Waals surface area contributed by atoms with Gasteiger partial charge in [0, 0.05) is 17.3 Å². The van der Waals surface area contributed by atoms with Crippen LogP contribution >= 0.6 is 11.6 Å². The summed E-state index contributed by atoms with van der Waals surface area (Å²) in [4.78, 5) is 23.9. The van der Waals surface area contributed by atoms with Crippen LogP contribution in [0.15, 0.2) is 48.5 Å². The average Bonchev–Trinajstić information content (AvgIpc) is 2.63. The molecule has 0 bridgehead atoms. The zero-order valence-electron chi connectivity index (χ0n) is 14.5. The highest BCUT2D eigenvalue weighted by Gasteiger charge is 2.18. The minimum absolute atomic E-state index is 0.129. The van der Waals surface area contributed by atoms with Gasteiger partial charge in [-0.3, -0.25) is 4.79 Å². The third-order valence-electron chi connectivity index (χ3n) is 3.38. The summed E-state index contributed by atoms with van der Waals surface area (Å²) < 4.78 is 47.0. The van der Waals surface area contributed by atoms with E-state index in [9.17, 15) is 22.8 Å². The lowest BCUT2D eigenvalue weighted by molar-refractivity contribution is -0.148. The summed E-state index contributed by atoms with van der Waals surface area (Å²) in [5, 5.41) is 2.29. The SMILES string of the molecule is CC(OC(=O)/C=C/c1ccccc1F)C(=O)Nc1ccc(OC(F)F)c(Cl)c1. The van der Waals surface area contributed by atoms with Crippen molar-refractivity contribution < 1.29 is 32.2 Å². The molecule has 9 heteroatoms. The Kier molecular flexibility index (Phi) is 7.45. The molecule has 0 aromatic heterocycles. The molecule has 0 heterocycles. The van der Waals surface area contributed by atoms with Crippen molar-refractivity contribution in [3.8, 4) is 5.75 Å². The lowest BCUT2D eigenvalue weighted by Gasteiger charge is -2.13. The second-order valence-electron chi connectivity index (χ2n) is 5.45. The van der Waals surface area contributed by atoms with Gasteiger partial charge in [0.2, 0.25) is 0 Å². The Morgan fingerprint density at radius 1 is 1.18 bits per heavy atom. The minimum Gasteiger partial charge on any atom is -0.449 e. The van der Waals surface area contributed by atoms with Gasteiger partial charge in [0.1, 0.15) is 11.6 Å². The van der Waals surface area contributed by atoms with E-state index in [1.165, 1.54) is 43.3 Å². The normalized spacial score (nSPS) is 12.1. The number of hydrogen-bond acceptors (Lipinski definition) is 4. The fraction of sp³-hybridized carbons (Fsp3) is 0.158. The van der Waals surface area contributed by atoms with Crippen LogP contribution < -0.4 is 10.1 Å². The van der Waals surface area contributed by atoms with Gasteiger partial charge >= 0.3 is 12.6 Å². The predicted molar refractivity (Wildman–Crippen MR) is 97.7 cm³/mol. The van der Waals surface area contributed by atoms with Crippen LogP contribution in [0, 0.1) is 5.82 Å². The van der Waals surface area contributed by atoms with Crippen molar-refractivity contribution in [3.63, 3.8) is 0 Å². The van der Waals surface area contributed by atoms with E-state index in [0.717, 1.165) is 12.1 Å². The number of anilines is 1. The highest BCUT2D eigenvalue weighted by molar-refractivity contribution is 6.32. The van der Waals surface area contributed by atoms with E-state index >= 15 is 0 Å². The molecule has 1 amide bonds. The summed E-state index contributed by atoms with van der Waals surface area (Å²) in [6.45, 7) is -1.70. The Hall–Kier alpha value is -3.00. The van der Waals surface area contributed by atoms with Gasteiger partial charge in [0.05, 0.1) is 5.02 Å². The van der Waals surface area contributed by atoms with E-state index in [1.54, 1.807) is 6.07 Å². The van der Waals surface area contributed by atoms with Crippen LogP contribution in [0.5, 0.6) is 5.75 Å². The molecule has 28 heavy (non-hydrogen) atoms. The number of esters is 1. The van der Waals surface area contributed by atoms with Crippen molar-refractivity contribution in [1.82, 2.24) is 0 Å². The van der Waals surface area contributed by atoms with E-state index < -0.39 is 30.4 Å². The van der Waals surface area contributed by atoms with Crippen LogP contribution in [-0.2, 0) is 14.3 Å². The molecule has 2 aromatic rings. The molecule has 0 saturated carbocycles. The number of benzene rings is 2. The number of ether oxygens (including phenoxy) is 2. The monoisotopic (exact) mass is 413 g/mol. The molecule has 0 spiro atoms.